The monoisotopic (exact) mass is 803 g/mol. The number of carbonyl (C=O) groups excluding carboxylic acids is 4. The van der Waals surface area contributed by atoms with Crippen molar-refractivity contribution in [2.75, 3.05) is 13.7 Å². The topological polar surface area (TPSA) is 182 Å². The highest BCUT2D eigenvalue weighted by atomic mass is 32.2. The highest BCUT2D eigenvalue weighted by molar-refractivity contribution is 7.91. The largest absolute Gasteiger partial charge is 0.497 e. The Bertz CT molecular complexity index is 2120. The van der Waals surface area contributed by atoms with Crippen molar-refractivity contribution in [3.05, 3.63) is 54.6 Å². The van der Waals surface area contributed by atoms with Crippen LogP contribution in [0.1, 0.15) is 91.4 Å². The summed E-state index contributed by atoms with van der Waals surface area (Å²) in [5.74, 6) is -1.12. The standard InChI is InChI=1S/C42H53N5O9S/c1-41(2,3)56-40(51)44-33-16-12-7-5-6-11-15-28-24-42(28,39(50)46-57(52,53)31-18-19-31)45-36(48)35-23-30(25-47(35)38(33)49)55-37-32-20-17-29(54-4)21-27(32)22-34(43-37)26-13-9-8-10-14-26/h8-10,13-14,17,20-22,28,30-31,33,35H,5-7,11-12,15-16,18-19,23-25H2,1-4H3,(H,44,51)(H,45,48)(H,46,50)/t28-,30-,33+,35+,42-/m1/s1. The van der Waals surface area contributed by atoms with Gasteiger partial charge in [0.05, 0.1) is 24.6 Å². The van der Waals surface area contributed by atoms with Crippen molar-refractivity contribution < 1.29 is 41.8 Å². The van der Waals surface area contributed by atoms with Crippen molar-refractivity contribution in [3.8, 4) is 22.9 Å². The number of amides is 4. The Morgan fingerprint density at radius 2 is 1.67 bits per heavy atom. The molecule has 1 aromatic heterocycles. The van der Waals surface area contributed by atoms with Crippen LogP contribution in [-0.2, 0) is 29.1 Å². The normalized spacial score (nSPS) is 25.9. The smallest absolute Gasteiger partial charge is 0.408 e. The second kappa shape index (κ2) is 16.1. The fourth-order valence-corrected chi connectivity index (χ4v) is 9.40. The minimum atomic E-state index is -3.88. The van der Waals surface area contributed by atoms with Crippen LogP contribution in [0.3, 0.4) is 0 Å². The molecule has 2 aliphatic carbocycles. The highest BCUT2D eigenvalue weighted by Crippen LogP contribution is 2.48. The summed E-state index contributed by atoms with van der Waals surface area (Å²) in [7, 11) is -2.29. The number of rotatable bonds is 8. The zero-order chi connectivity index (χ0) is 40.5. The maximum Gasteiger partial charge on any atom is 0.408 e. The van der Waals surface area contributed by atoms with E-state index >= 15 is 0 Å². The molecule has 7 rings (SSSR count). The van der Waals surface area contributed by atoms with Gasteiger partial charge in [-0.2, -0.15) is 0 Å². The zero-order valence-electron chi connectivity index (χ0n) is 33.0. The number of carbonyl (C=O) groups is 4. The maximum atomic E-state index is 14.6. The lowest BCUT2D eigenvalue weighted by molar-refractivity contribution is -0.141. The fourth-order valence-electron chi connectivity index (χ4n) is 8.04. The summed E-state index contributed by atoms with van der Waals surface area (Å²) in [5.41, 5.74) is -0.716. The summed E-state index contributed by atoms with van der Waals surface area (Å²) in [6, 6.07) is 15.0. The molecule has 0 spiro atoms. The van der Waals surface area contributed by atoms with Gasteiger partial charge in [-0.05, 0) is 88.4 Å². The third-order valence-electron chi connectivity index (χ3n) is 11.3. The summed E-state index contributed by atoms with van der Waals surface area (Å²) in [6.07, 6.45) is 4.81. The van der Waals surface area contributed by atoms with Crippen LogP contribution in [0.15, 0.2) is 54.6 Å². The van der Waals surface area contributed by atoms with Crippen molar-refractivity contribution in [2.24, 2.45) is 5.92 Å². The van der Waals surface area contributed by atoms with Crippen LogP contribution in [-0.4, -0.2) is 90.3 Å². The van der Waals surface area contributed by atoms with Gasteiger partial charge in [-0.3, -0.25) is 19.1 Å². The van der Waals surface area contributed by atoms with Crippen LogP contribution in [0.4, 0.5) is 4.79 Å². The Hall–Kier alpha value is -4.92. The summed E-state index contributed by atoms with van der Waals surface area (Å²) < 4.78 is 45.8. The number of alkyl carbamates (subject to hydrolysis) is 1. The molecule has 2 saturated carbocycles. The lowest BCUT2D eigenvalue weighted by atomic mass is 10.0. The summed E-state index contributed by atoms with van der Waals surface area (Å²) in [6.45, 7) is 5.20. The van der Waals surface area contributed by atoms with E-state index in [0.29, 0.717) is 61.2 Å². The van der Waals surface area contributed by atoms with Gasteiger partial charge in [0.2, 0.25) is 27.7 Å². The first kappa shape index (κ1) is 40.3. The van der Waals surface area contributed by atoms with E-state index in [0.717, 1.165) is 36.6 Å². The lowest BCUT2D eigenvalue weighted by Crippen LogP contribution is -2.58. The molecular formula is C42H53N5O9S. The number of methoxy groups -OCH3 is 1. The van der Waals surface area contributed by atoms with Crippen molar-refractivity contribution in [1.29, 1.82) is 0 Å². The molecule has 0 radical (unpaired) electrons. The molecule has 4 amide bonds. The van der Waals surface area contributed by atoms with Crippen LogP contribution in [0.5, 0.6) is 11.6 Å². The molecule has 0 unspecified atom stereocenters. The summed E-state index contributed by atoms with van der Waals surface area (Å²) >= 11 is 0. The van der Waals surface area contributed by atoms with Gasteiger partial charge < -0.3 is 29.7 Å². The van der Waals surface area contributed by atoms with E-state index in [9.17, 15) is 27.6 Å². The number of hydrogen-bond donors (Lipinski definition) is 3. The summed E-state index contributed by atoms with van der Waals surface area (Å²) in [4.78, 5) is 62.4. The highest BCUT2D eigenvalue weighted by Gasteiger charge is 2.62. The lowest BCUT2D eigenvalue weighted by Gasteiger charge is -2.30. The SMILES string of the molecule is COc1ccc2c(O[C@@H]3C[C@H]4C(=O)N[C@]5(C(=O)NS(=O)(=O)C6CC6)C[C@H]5CCCCCCC[C@H](NC(=O)OC(C)(C)C)C(=O)N4C3)nc(-c3ccccc3)cc2c1. The number of hydrogen-bond acceptors (Lipinski definition) is 10. The first-order valence-corrected chi connectivity index (χ1v) is 21.6. The molecule has 4 fully saturated rings. The Balaban J connectivity index is 1.22. The van der Waals surface area contributed by atoms with Crippen LogP contribution in [0.25, 0.3) is 22.0 Å². The summed E-state index contributed by atoms with van der Waals surface area (Å²) in [5, 5.41) is 6.62. The van der Waals surface area contributed by atoms with E-state index in [1.807, 2.05) is 54.6 Å². The molecule has 3 heterocycles. The van der Waals surface area contributed by atoms with Crippen molar-refractivity contribution in [3.63, 3.8) is 0 Å². The average molecular weight is 804 g/mol. The van der Waals surface area contributed by atoms with Gasteiger partial charge in [-0.15, -0.1) is 0 Å². The van der Waals surface area contributed by atoms with Gasteiger partial charge in [0.25, 0.3) is 5.91 Å². The van der Waals surface area contributed by atoms with Gasteiger partial charge in [0.15, 0.2) is 0 Å². The van der Waals surface area contributed by atoms with Crippen LogP contribution in [0.2, 0.25) is 0 Å². The minimum absolute atomic E-state index is 0.0169. The van der Waals surface area contributed by atoms with E-state index in [-0.39, 0.29) is 18.9 Å². The minimum Gasteiger partial charge on any atom is -0.497 e. The zero-order valence-corrected chi connectivity index (χ0v) is 33.9. The van der Waals surface area contributed by atoms with Gasteiger partial charge in [0, 0.05) is 17.4 Å². The molecule has 2 aliphatic heterocycles. The Morgan fingerprint density at radius 3 is 2.37 bits per heavy atom. The Labute approximate surface area is 333 Å². The number of nitrogens with one attached hydrogen (secondary N) is 3. The Kier molecular flexibility index (Phi) is 11.4. The number of sulfonamides is 1. The van der Waals surface area contributed by atoms with E-state index in [1.54, 1.807) is 27.9 Å². The molecule has 0 bridgehead atoms. The van der Waals surface area contributed by atoms with Crippen molar-refractivity contribution >= 4 is 44.6 Å². The van der Waals surface area contributed by atoms with Gasteiger partial charge in [0.1, 0.15) is 35.1 Å². The predicted octanol–water partition coefficient (Wildman–Crippen LogP) is 5.38. The van der Waals surface area contributed by atoms with E-state index in [2.05, 4.69) is 15.4 Å². The molecule has 306 valence electrons. The number of nitrogens with zero attached hydrogens (tertiary/aromatic N) is 2. The molecule has 4 aliphatic rings. The quantitative estimate of drug-likeness (QED) is 0.268. The molecule has 14 nitrogen and oxygen atoms in total. The molecule has 2 saturated heterocycles. The number of pyridine rings is 1. The first-order chi connectivity index (χ1) is 27.2. The fraction of sp³-hybridized carbons (Fsp3) is 0.548. The van der Waals surface area contributed by atoms with E-state index in [1.165, 1.54) is 4.90 Å². The average Bonchev–Trinajstić information content (AvgIpc) is 4.09. The van der Waals surface area contributed by atoms with Gasteiger partial charge >= 0.3 is 6.09 Å². The number of aromatic nitrogens is 1. The molecule has 5 atom stereocenters. The van der Waals surface area contributed by atoms with E-state index < -0.39 is 68.4 Å². The molecule has 3 N–H and O–H groups in total. The molecule has 57 heavy (non-hydrogen) atoms. The molecule has 2 aromatic carbocycles. The maximum absolute atomic E-state index is 14.6. The number of benzene rings is 2. The Morgan fingerprint density at radius 1 is 0.947 bits per heavy atom. The van der Waals surface area contributed by atoms with Crippen LogP contribution >= 0.6 is 0 Å². The van der Waals surface area contributed by atoms with Crippen LogP contribution < -0.4 is 24.8 Å². The predicted molar refractivity (Wildman–Crippen MR) is 213 cm³/mol. The molecular weight excluding hydrogens is 751 g/mol. The molecule has 15 heteroatoms. The van der Waals surface area contributed by atoms with Crippen molar-refractivity contribution in [2.45, 2.75) is 126 Å². The third-order valence-corrected chi connectivity index (χ3v) is 13.1. The van der Waals surface area contributed by atoms with E-state index in [4.69, 9.17) is 19.2 Å². The number of ether oxygens (including phenoxy) is 3. The third kappa shape index (κ3) is 9.29. The second-order valence-electron chi connectivity index (χ2n) is 16.8. The molecule has 3 aromatic rings. The van der Waals surface area contributed by atoms with Crippen LogP contribution in [0, 0.1) is 5.92 Å². The first-order valence-electron chi connectivity index (χ1n) is 20.0. The van der Waals surface area contributed by atoms with Gasteiger partial charge in [-0.25, -0.2) is 18.2 Å². The number of fused-ring (bicyclic) bond motifs is 3. The van der Waals surface area contributed by atoms with Crippen molar-refractivity contribution in [1.82, 2.24) is 25.2 Å². The van der Waals surface area contributed by atoms with Gasteiger partial charge in [-0.1, -0.05) is 62.4 Å². The second-order valence-corrected chi connectivity index (χ2v) is 18.8.